The molecule has 0 fully saturated rings. The van der Waals surface area contributed by atoms with Crippen molar-refractivity contribution in [2.45, 2.75) is 25.6 Å². The number of anilines is 1. The van der Waals surface area contributed by atoms with Crippen LogP contribution < -0.4 is 5.32 Å². The first-order chi connectivity index (χ1) is 7.76. The van der Waals surface area contributed by atoms with E-state index in [-0.39, 0.29) is 5.69 Å². The van der Waals surface area contributed by atoms with Gasteiger partial charge in [0.2, 0.25) is 0 Å². The third-order valence-electron chi connectivity index (χ3n) is 2.21. The molecule has 0 aromatic heterocycles. The monoisotopic (exact) mass is 247 g/mol. The maximum absolute atomic E-state index is 12.7. The third kappa shape index (κ3) is 3.93. The molecule has 0 aliphatic carbocycles. The summed E-state index contributed by atoms with van der Waals surface area (Å²) >= 11 is 0. The number of hydrogen-bond acceptors (Lipinski definition) is 2. The predicted octanol–water partition coefficient (Wildman–Crippen LogP) is 3.54. The molecule has 0 atom stereocenters. The van der Waals surface area contributed by atoms with Crippen molar-refractivity contribution in [3.8, 4) is 0 Å². The van der Waals surface area contributed by atoms with Crippen LogP contribution in [0.5, 0.6) is 0 Å². The first kappa shape index (κ1) is 13.8. The van der Waals surface area contributed by atoms with Crippen LogP contribution in [0.4, 0.5) is 18.9 Å². The molecule has 96 valence electrons. The van der Waals surface area contributed by atoms with Gasteiger partial charge >= 0.3 is 6.18 Å². The maximum atomic E-state index is 12.7. The summed E-state index contributed by atoms with van der Waals surface area (Å²) in [5, 5.41) is 2.85. The smallest absolute Gasteiger partial charge is 0.382 e. The molecule has 1 N–H and O–H groups in total. The van der Waals surface area contributed by atoms with Crippen LogP contribution >= 0.6 is 0 Å². The standard InChI is InChI=1S/C12H16F3NO/c1-11(2,8-17-3)16-10-7-5-4-6-9(10)12(13,14)15/h4-7,16H,8H2,1-3H3. The summed E-state index contributed by atoms with van der Waals surface area (Å²) in [6.45, 7) is 3.88. The molecule has 1 rings (SSSR count). The second-order valence-electron chi connectivity index (χ2n) is 4.49. The van der Waals surface area contributed by atoms with Gasteiger partial charge in [-0.15, -0.1) is 0 Å². The lowest BCUT2D eigenvalue weighted by Gasteiger charge is -2.28. The topological polar surface area (TPSA) is 21.3 Å². The molecule has 0 aliphatic heterocycles. The summed E-state index contributed by atoms with van der Waals surface area (Å²) < 4.78 is 43.2. The van der Waals surface area contributed by atoms with Crippen LogP contribution in [0.25, 0.3) is 0 Å². The average molecular weight is 247 g/mol. The van der Waals surface area contributed by atoms with E-state index in [0.29, 0.717) is 6.61 Å². The summed E-state index contributed by atoms with van der Waals surface area (Å²) in [7, 11) is 1.51. The molecule has 0 unspecified atom stereocenters. The molecule has 2 nitrogen and oxygen atoms in total. The minimum Gasteiger partial charge on any atom is -0.382 e. The van der Waals surface area contributed by atoms with E-state index >= 15 is 0 Å². The van der Waals surface area contributed by atoms with Crippen LogP contribution in [0, 0.1) is 0 Å². The van der Waals surface area contributed by atoms with Gasteiger partial charge in [0.25, 0.3) is 0 Å². The van der Waals surface area contributed by atoms with Crippen molar-refractivity contribution in [2.24, 2.45) is 0 Å². The highest BCUT2D eigenvalue weighted by Crippen LogP contribution is 2.35. The van der Waals surface area contributed by atoms with Crippen LogP contribution in [-0.4, -0.2) is 19.3 Å². The van der Waals surface area contributed by atoms with Crippen molar-refractivity contribution in [3.05, 3.63) is 29.8 Å². The fourth-order valence-electron chi connectivity index (χ4n) is 1.60. The van der Waals surface area contributed by atoms with Crippen molar-refractivity contribution >= 4 is 5.69 Å². The van der Waals surface area contributed by atoms with Crippen LogP contribution in [0.2, 0.25) is 0 Å². The van der Waals surface area contributed by atoms with E-state index in [9.17, 15) is 13.2 Å². The molecular weight excluding hydrogens is 231 g/mol. The Labute approximate surface area is 98.8 Å². The molecule has 0 amide bonds. The van der Waals surface area contributed by atoms with Gasteiger partial charge in [0.05, 0.1) is 17.7 Å². The number of methoxy groups -OCH3 is 1. The molecule has 0 bridgehead atoms. The summed E-state index contributed by atoms with van der Waals surface area (Å²) in [5.41, 5.74) is -1.15. The Hall–Kier alpha value is -1.23. The third-order valence-corrected chi connectivity index (χ3v) is 2.21. The molecule has 5 heteroatoms. The number of halogens is 3. The van der Waals surface area contributed by atoms with Crippen LogP contribution in [0.1, 0.15) is 19.4 Å². The molecule has 1 aromatic rings. The van der Waals surface area contributed by atoms with E-state index in [1.807, 2.05) is 0 Å². The molecule has 0 spiro atoms. The Morgan fingerprint density at radius 1 is 1.18 bits per heavy atom. The minimum absolute atomic E-state index is 0.0713. The van der Waals surface area contributed by atoms with Gasteiger partial charge < -0.3 is 10.1 Å². The van der Waals surface area contributed by atoms with Gasteiger partial charge in [0, 0.05) is 12.8 Å². The van der Waals surface area contributed by atoms with Crippen LogP contribution in [0.3, 0.4) is 0 Å². The lowest BCUT2D eigenvalue weighted by Crippen LogP contribution is -2.36. The minimum atomic E-state index is -4.35. The molecule has 17 heavy (non-hydrogen) atoms. The molecule has 1 aromatic carbocycles. The largest absolute Gasteiger partial charge is 0.418 e. The number of para-hydroxylation sites is 1. The molecule has 0 saturated heterocycles. The summed E-state index contributed by atoms with van der Waals surface area (Å²) in [6.07, 6.45) is -4.35. The second-order valence-corrected chi connectivity index (χ2v) is 4.49. The van der Waals surface area contributed by atoms with E-state index in [1.54, 1.807) is 19.9 Å². The second kappa shape index (κ2) is 4.96. The Morgan fingerprint density at radius 3 is 2.29 bits per heavy atom. The zero-order chi connectivity index (χ0) is 13.1. The van der Waals surface area contributed by atoms with Crippen molar-refractivity contribution in [3.63, 3.8) is 0 Å². The summed E-state index contributed by atoms with van der Waals surface area (Å²) in [6, 6.07) is 5.42. The number of nitrogens with one attached hydrogen (secondary N) is 1. The number of hydrogen-bond donors (Lipinski definition) is 1. The first-order valence-electron chi connectivity index (χ1n) is 5.19. The Kier molecular flexibility index (Phi) is 4.03. The van der Waals surface area contributed by atoms with Gasteiger partial charge in [-0.2, -0.15) is 13.2 Å². The van der Waals surface area contributed by atoms with Gasteiger partial charge in [0.15, 0.2) is 0 Å². The zero-order valence-electron chi connectivity index (χ0n) is 10.1. The van der Waals surface area contributed by atoms with Gasteiger partial charge in [-0.05, 0) is 26.0 Å². The highest BCUT2D eigenvalue weighted by atomic mass is 19.4. The van der Waals surface area contributed by atoms with Crippen molar-refractivity contribution in [1.29, 1.82) is 0 Å². The molecule has 0 saturated carbocycles. The summed E-state index contributed by atoms with van der Waals surface area (Å²) in [4.78, 5) is 0. The van der Waals surface area contributed by atoms with E-state index in [2.05, 4.69) is 5.32 Å². The highest BCUT2D eigenvalue weighted by molar-refractivity contribution is 5.54. The van der Waals surface area contributed by atoms with E-state index in [4.69, 9.17) is 4.74 Å². The summed E-state index contributed by atoms with van der Waals surface area (Å²) in [5.74, 6) is 0. The Morgan fingerprint density at radius 2 is 1.76 bits per heavy atom. The van der Waals surface area contributed by atoms with Crippen LogP contribution in [-0.2, 0) is 10.9 Å². The number of alkyl halides is 3. The maximum Gasteiger partial charge on any atom is 0.418 e. The van der Waals surface area contributed by atoms with Gasteiger partial charge in [-0.25, -0.2) is 0 Å². The van der Waals surface area contributed by atoms with Gasteiger partial charge in [0.1, 0.15) is 0 Å². The zero-order valence-corrected chi connectivity index (χ0v) is 10.1. The van der Waals surface area contributed by atoms with E-state index in [1.165, 1.54) is 19.2 Å². The Bertz CT molecular complexity index is 374. The van der Waals surface area contributed by atoms with Crippen LogP contribution in [0.15, 0.2) is 24.3 Å². The molecule has 0 aliphatic rings. The first-order valence-corrected chi connectivity index (χ1v) is 5.19. The van der Waals surface area contributed by atoms with Crippen molar-refractivity contribution in [1.82, 2.24) is 0 Å². The number of rotatable bonds is 4. The molecule has 0 radical (unpaired) electrons. The highest BCUT2D eigenvalue weighted by Gasteiger charge is 2.34. The molecular formula is C12H16F3NO. The molecule has 0 heterocycles. The lowest BCUT2D eigenvalue weighted by atomic mass is 10.0. The van der Waals surface area contributed by atoms with E-state index < -0.39 is 17.3 Å². The fourth-order valence-corrected chi connectivity index (χ4v) is 1.60. The predicted molar refractivity (Wildman–Crippen MR) is 61.0 cm³/mol. The van der Waals surface area contributed by atoms with Gasteiger partial charge in [-0.1, -0.05) is 12.1 Å². The number of benzene rings is 1. The van der Waals surface area contributed by atoms with Gasteiger partial charge in [-0.3, -0.25) is 0 Å². The Balaban J connectivity index is 2.99. The lowest BCUT2D eigenvalue weighted by molar-refractivity contribution is -0.137. The van der Waals surface area contributed by atoms with Crippen molar-refractivity contribution in [2.75, 3.05) is 19.0 Å². The average Bonchev–Trinajstić information content (AvgIpc) is 2.15. The van der Waals surface area contributed by atoms with Crippen molar-refractivity contribution < 1.29 is 17.9 Å². The SMILES string of the molecule is COCC(C)(C)Nc1ccccc1C(F)(F)F. The van der Waals surface area contributed by atoms with E-state index in [0.717, 1.165) is 6.07 Å². The quantitative estimate of drug-likeness (QED) is 0.878. The number of ether oxygens (including phenoxy) is 1. The fraction of sp³-hybridized carbons (Fsp3) is 0.500. The normalized spacial score (nSPS) is 12.6.